The van der Waals surface area contributed by atoms with Gasteiger partial charge in [0.05, 0.1) is 5.82 Å². The second-order valence-electron chi connectivity index (χ2n) is 14.1. The Labute approximate surface area is 304 Å². The van der Waals surface area contributed by atoms with Crippen LogP contribution in [0.3, 0.4) is 0 Å². The summed E-state index contributed by atoms with van der Waals surface area (Å²) in [4.78, 5) is 13.1. The molecule has 0 unspecified atom stereocenters. The predicted molar refractivity (Wildman–Crippen MR) is 179 cm³/mol. The maximum Gasteiger partial charge on any atom is 2.00 e. The first-order valence-electron chi connectivity index (χ1n) is 15.8. The molecule has 0 atom stereocenters. The molecule has 14 heteroatoms. The minimum absolute atomic E-state index is 0. The van der Waals surface area contributed by atoms with Gasteiger partial charge in [-0.05, 0) is 61.2 Å². The molecule has 6 aromatic rings. The molecule has 0 radical (unpaired) electrons. The van der Waals surface area contributed by atoms with Gasteiger partial charge in [-0.3, -0.25) is 9.97 Å². The van der Waals surface area contributed by atoms with E-state index in [1.54, 1.807) is 102 Å². The van der Waals surface area contributed by atoms with Gasteiger partial charge >= 0.3 is 32.9 Å². The van der Waals surface area contributed by atoms with E-state index in [4.69, 9.17) is 9.97 Å². The van der Waals surface area contributed by atoms with Gasteiger partial charge in [-0.2, -0.15) is 17.9 Å². The van der Waals surface area contributed by atoms with Crippen LogP contribution < -0.4 is 14.5 Å². The maximum atomic E-state index is 15.1. The number of aromatic nitrogens is 5. The fourth-order valence-electron chi connectivity index (χ4n) is 6.82. The van der Waals surface area contributed by atoms with Gasteiger partial charge in [-0.25, -0.2) is 0 Å². The topological polar surface area (TPSA) is 46.0 Å². The molecule has 2 aromatic carbocycles. The molecule has 5 heterocycles. The molecule has 0 saturated heterocycles. The maximum absolute atomic E-state index is 15.1. The largest absolute Gasteiger partial charge is 2.00 e. The van der Waals surface area contributed by atoms with Crippen molar-refractivity contribution in [1.29, 1.82) is 0 Å². The van der Waals surface area contributed by atoms with Crippen molar-refractivity contribution in [2.45, 2.75) is 51.0 Å². The molecular formula is C37H34F6N7Pd+. The third-order valence-corrected chi connectivity index (χ3v) is 9.66. The summed E-state index contributed by atoms with van der Waals surface area (Å²) in [5, 5.41) is 0.223. The van der Waals surface area contributed by atoms with Crippen LogP contribution in [0, 0.1) is 12.4 Å². The smallest absolute Gasteiger partial charge is 0.398 e. The van der Waals surface area contributed by atoms with Crippen molar-refractivity contribution in [3.8, 4) is 11.6 Å². The minimum atomic E-state index is -4.89. The fraction of sp³-hybridized carbons (Fsp3) is 0.324. The molecule has 51 heavy (non-hydrogen) atoms. The van der Waals surface area contributed by atoms with E-state index in [1.807, 2.05) is 0 Å². The first-order valence-corrected chi connectivity index (χ1v) is 15.8. The van der Waals surface area contributed by atoms with Crippen LogP contribution in [0.15, 0.2) is 60.7 Å². The van der Waals surface area contributed by atoms with Crippen LogP contribution >= 0.6 is 0 Å². The second-order valence-corrected chi connectivity index (χ2v) is 14.1. The summed E-state index contributed by atoms with van der Waals surface area (Å²) in [5.74, 6) is -0.0585. The van der Waals surface area contributed by atoms with Crippen LogP contribution in [-0.4, -0.2) is 47.4 Å². The molecule has 0 N–H and O–H groups in total. The molecule has 4 aromatic heterocycles. The first-order chi connectivity index (χ1) is 23.2. The summed E-state index contributed by atoms with van der Waals surface area (Å²) in [6.45, 7) is 7.13. The Kier molecular flexibility index (Phi) is 8.43. The average molecular weight is 797 g/mol. The van der Waals surface area contributed by atoms with Crippen LogP contribution in [0.1, 0.15) is 55.9 Å². The minimum Gasteiger partial charge on any atom is -0.398 e. The number of fused-ring (bicyclic) bond motifs is 8. The van der Waals surface area contributed by atoms with Crippen LogP contribution in [0.4, 0.5) is 37.7 Å². The Morgan fingerprint density at radius 1 is 0.686 bits per heavy atom. The van der Waals surface area contributed by atoms with E-state index >= 15 is 26.3 Å². The molecule has 7 rings (SSSR count). The van der Waals surface area contributed by atoms with Crippen LogP contribution in [0.2, 0.25) is 0 Å². The fourth-order valence-corrected chi connectivity index (χ4v) is 6.82. The number of rotatable bonds is 2. The van der Waals surface area contributed by atoms with Gasteiger partial charge < -0.3 is 14.4 Å². The summed E-state index contributed by atoms with van der Waals surface area (Å²) >= 11 is 0. The molecule has 1 aliphatic heterocycles. The number of benzene rings is 2. The van der Waals surface area contributed by atoms with Crippen LogP contribution in [0.5, 0.6) is 0 Å². The normalized spacial score (nSPS) is 15.0. The zero-order valence-corrected chi connectivity index (χ0v) is 30.5. The van der Waals surface area contributed by atoms with Gasteiger partial charge in [-0.15, -0.1) is 35.8 Å². The molecule has 7 nitrogen and oxygen atoms in total. The number of hydrogen-bond acceptors (Lipinski definition) is 4. The van der Waals surface area contributed by atoms with Gasteiger partial charge in [-0.1, -0.05) is 48.2 Å². The summed E-state index contributed by atoms with van der Waals surface area (Å²) in [6.07, 6.45) is -3.69. The van der Waals surface area contributed by atoms with Crippen molar-refractivity contribution in [3.05, 3.63) is 101 Å². The number of anilines is 2. The third-order valence-electron chi connectivity index (χ3n) is 9.66. The Balaban J connectivity index is 0.00000448. The third kappa shape index (κ3) is 5.67. The SMILES string of the molecule is CN(C)c1cc2nc(c1)C(C)(C)c1cc(N(C)C)cc(n1)-n1[c-]c3c(cccc3[n+]1C(F)(F)F)C(C)(C)c1cccc3c(C(F)(F)F)n-2[c-]c13.[Pd+2]. The van der Waals surface area contributed by atoms with Gasteiger partial charge in [0.15, 0.2) is 5.52 Å². The van der Waals surface area contributed by atoms with E-state index in [0.717, 1.165) is 9.25 Å². The summed E-state index contributed by atoms with van der Waals surface area (Å²) in [6, 6.07) is 15.8. The monoisotopic (exact) mass is 796 g/mol. The van der Waals surface area contributed by atoms with Gasteiger partial charge in [0.25, 0.3) is 0 Å². The molecule has 0 spiro atoms. The van der Waals surface area contributed by atoms with Crippen molar-refractivity contribution >= 4 is 33.1 Å². The Hall–Kier alpha value is -4.41. The van der Waals surface area contributed by atoms with Crippen LogP contribution in [0.25, 0.3) is 33.3 Å². The molecule has 0 saturated carbocycles. The zero-order valence-electron chi connectivity index (χ0n) is 29.0. The number of hydrogen-bond donors (Lipinski definition) is 0. The zero-order chi connectivity index (χ0) is 36.3. The van der Waals surface area contributed by atoms with E-state index < -0.39 is 29.0 Å². The van der Waals surface area contributed by atoms with E-state index in [0.29, 0.717) is 33.9 Å². The molecule has 0 fully saturated rings. The van der Waals surface area contributed by atoms with Gasteiger partial charge in [0.2, 0.25) is 0 Å². The van der Waals surface area contributed by atoms with Crippen molar-refractivity contribution in [1.82, 2.24) is 19.2 Å². The number of nitrogens with zero attached hydrogens (tertiary/aromatic N) is 7. The predicted octanol–water partition coefficient (Wildman–Crippen LogP) is 7.84. The van der Waals surface area contributed by atoms with Gasteiger partial charge in [0, 0.05) is 68.3 Å². The molecular weight excluding hydrogens is 763 g/mol. The molecule has 268 valence electrons. The summed E-state index contributed by atoms with van der Waals surface area (Å²) < 4.78 is 92.8. The summed E-state index contributed by atoms with van der Waals surface area (Å²) in [7, 11) is 7.06. The molecule has 0 amide bonds. The molecule has 0 aliphatic carbocycles. The Bertz CT molecular complexity index is 2170. The second kappa shape index (κ2) is 11.8. The van der Waals surface area contributed by atoms with Crippen molar-refractivity contribution in [2.24, 2.45) is 0 Å². The number of alkyl halides is 6. The van der Waals surface area contributed by atoms with Crippen molar-refractivity contribution in [2.75, 3.05) is 38.0 Å². The Morgan fingerprint density at radius 3 is 1.76 bits per heavy atom. The molecule has 1 aliphatic rings. The first kappa shape index (κ1) is 36.4. The standard InChI is InChI=1S/C37H34F6N7.Pd/c1-34(2)26-12-9-11-23-24(26)19-48(33(23)36(38,39)40)31-17-21(46(5)6)15-29(44-31)35(3,4)30-16-22(47(7)8)18-32(45-30)49-20-25-27(34)13-10-14-28(25)50(49)37(41,42)43;/h9-18H,1-8H3;/q-1;+2. The van der Waals surface area contributed by atoms with E-state index in [9.17, 15) is 0 Å². The van der Waals surface area contributed by atoms with Crippen LogP contribution in [-0.2, 0) is 43.7 Å². The Morgan fingerprint density at radius 2 is 1.22 bits per heavy atom. The molecule has 8 bridgehead atoms. The number of halogens is 6. The number of pyridine rings is 2. The van der Waals surface area contributed by atoms with E-state index in [1.165, 1.54) is 24.3 Å². The van der Waals surface area contributed by atoms with E-state index in [2.05, 4.69) is 12.4 Å². The van der Waals surface area contributed by atoms with Crippen molar-refractivity contribution < 1.29 is 51.4 Å². The average Bonchev–Trinajstić information content (AvgIpc) is 3.63. The van der Waals surface area contributed by atoms with Crippen molar-refractivity contribution in [3.63, 3.8) is 0 Å². The van der Waals surface area contributed by atoms with Gasteiger partial charge in [0.1, 0.15) is 5.82 Å². The summed E-state index contributed by atoms with van der Waals surface area (Å²) in [5.41, 5.74) is -0.680. The quantitative estimate of drug-likeness (QED) is 0.0776. The van der Waals surface area contributed by atoms with E-state index in [-0.39, 0.29) is 58.4 Å².